The van der Waals surface area contributed by atoms with E-state index in [0.717, 1.165) is 23.3 Å². The number of rotatable bonds is 5. The van der Waals surface area contributed by atoms with Crippen LogP contribution in [0.25, 0.3) is 0 Å². The lowest BCUT2D eigenvalue weighted by Gasteiger charge is -2.24. The minimum atomic E-state index is -0.507. The first kappa shape index (κ1) is 14.0. The van der Waals surface area contributed by atoms with Gasteiger partial charge in [0, 0.05) is 0 Å². The number of methoxy groups -OCH3 is 1. The number of nitrogens with two attached hydrogens (primary N) is 1. The third-order valence-corrected chi connectivity index (χ3v) is 3.40. The molecule has 0 heterocycles. The van der Waals surface area contributed by atoms with E-state index in [9.17, 15) is 5.11 Å². The van der Waals surface area contributed by atoms with Crippen molar-refractivity contribution in [3.8, 4) is 5.75 Å². The van der Waals surface area contributed by atoms with E-state index in [2.05, 4.69) is 6.92 Å². The van der Waals surface area contributed by atoms with Gasteiger partial charge in [-0.05, 0) is 30.0 Å². The molecule has 0 radical (unpaired) electrons. The molecule has 0 bridgehead atoms. The Morgan fingerprint density at radius 2 is 2.06 bits per heavy atom. The van der Waals surface area contributed by atoms with Crippen LogP contribution in [0.2, 0.25) is 0 Å². The van der Waals surface area contributed by atoms with Crippen LogP contribution in [0.3, 0.4) is 0 Å². The molecule has 1 aromatic carbocycles. The molecule has 17 heavy (non-hydrogen) atoms. The summed E-state index contributed by atoms with van der Waals surface area (Å²) in [6, 6.07) is 5.46. The second-order valence-electron chi connectivity index (χ2n) is 4.63. The summed E-state index contributed by atoms with van der Waals surface area (Å²) in [4.78, 5) is 0. The van der Waals surface area contributed by atoms with Gasteiger partial charge >= 0.3 is 0 Å². The molecule has 0 saturated heterocycles. The van der Waals surface area contributed by atoms with E-state index in [4.69, 9.17) is 10.5 Å². The van der Waals surface area contributed by atoms with E-state index < -0.39 is 6.10 Å². The first-order chi connectivity index (χ1) is 8.01. The first-order valence-corrected chi connectivity index (χ1v) is 6.09. The molecule has 0 amide bonds. The Balaban J connectivity index is 2.89. The SMILES string of the molecule is CCC(C)[C@H](O)[C@H](N)c1ccc(OC)c(C)c1. The molecule has 0 aliphatic rings. The average Bonchev–Trinajstić information content (AvgIpc) is 2.35. The number of aryl methyl sites for hydroxylation is 1. The molecule has 3 nitrogen and oxygen atoms in total. The van der Waals surface area contributed by atoms with Gasteiger partial charge < -0.3 is 15.6 Å². The fourth-order valence-electron chi connectivity index (χ4n) is 1.90. The van der Waals surface area contributed by atoms with Crippen molar-refractivity contribution in [2.75, 3.05) is 7.11 Å². The van der Waals surface area contributed by atoms with Crippen LogP contribution in [0.1, 0.15) is 37.4 Å². The summed E-state index contributed by atoms with van der Waals surface area (Å²) in [6.07, 6.45) is 0.414. The van der Waals surface area contributed by atoms with E-state index >= 15 is 0 Å². The van der Waals surface area contributed by atoms with E-state index in [1.165, 1.54) is 0 Å². The molecule has 1 rings (SSSR count). The summed E-state index contributed by atoms with van der Waals surface area (Å²) >= 11 is 0. The highest BCUT2D eigenvalue weighted by Crippen LogP contribution is 2.26. The summed E-state index contributed by atoms with van der Waals surface area (Å²) in [5.41, 5.74) is 8.08. The van der Waals surface area contributed by atoms with Gasteiger partial charge in [0.1, 0.15) is 5.75 Å². The molecule has 96 valence electrons. The second-order valence-corrected chi connectivity index (χ2v) is 4.63. The molecule has 3 N–H and O–H groups in total. The zero-order chi connectivity index (χ0) is 13.0. The van der Waals surface area contributed by atoms with Crippen molar-refractivity contribution in [3.05, 3.63) is 29.3 Å². The summed E-state index contributed by atoms with van der Waals surface area (Å²) < 4.78 is 5.21. The third-order valence-electron chi connectivity index (χ3n) is 3.40. The third kappa shape index (κ3) is 3.20. The summed E-state index contributed by atoms with van der Waals surface area (Å²) in [6.45, 7) is 6.05. The standard InChI is InChI=1S/C14H23NO2/c1-5-9(2)14(16)13(15)11-6-7-12(17-4)10(3)8-11/h6-9,13-14,16H,5,15H2,1-4H3/t9?,13-,14+/m1/s1. The minimum Gasteiger partial charge on any atom is -0.496 e. The maximum absolute atomic E-state index is 10.1. The number of hydrogen-bond acceptors (Lipinski definition) is 3. The van der Waals surface area contributed by atoms with Gasteiger partial charge in [0.05, 0.1) is 19.3 Å². The van der Waals surface area contributed by atoms with Crippen molar-refractivity contribution < 1.29 is 9.84 Å². The lowest BCUT2D eigenvalue weighted by molar-refractivity contribution is 0.0879. The molecule has 1 unspecified atom stereocenters. The minimum absolute atomic E-state index is 0.201. The van der Waals surface area contributed by atoms with Gasteiger partial charge in [0.15, 0.2) is 0 Å². The lowest BCUT2D eigenvalue weighted by Crippen LogP contribution is -2.31. The molecule has 0 aliphatic heterocycles. The molecular formula is C14H23NO2. The maximum atomic E-state index is 10.1. The number of aliphatic hydroxyl groups is 1. The molecule has 3 atom stereocenters. The van der Waals surface area contributed by atoms with Crippen LogP contribution in [0, 0.1) is 12.8 Å². The van der Waals surface area contributed by atoms with Crippen LogP contribution in [-0.2, 0) is 0 Å². The van der Waals surface area contributed by atoms with Crippen LogP contribution >= 0.6 is 0 Å². The van der Waals surface area contributed by atoms with Crippen LogP contribution in [0.5, 0.6) is 5.75 Å². The van der Waals surface area contributed by atoms with Crippen molar-refractivity contribution in [1.29, 1.82) is 0 Å². The Kier molecular flexibility index (Phi) is 4.97. The first-order valence-electron chi connectivity index (χ1n) is 6.09. The van der Waals surface area contributed by atoms with E-state index in [0.29, 0.717) is 0 Å². The molecule has 3 heteroatoms. The Morgan fingerprint density at radius 3 is 2.53 bits per heavy atom. The van der Waals surface area contributed by atoms with Crippen LogP contribution in [-0.4, -0.2) is 18.3 Å². The van der Waals surface area contributed by atoms with Crippen LogP contribution in [0.15, 0.2) is 18.2 Å². The van der Waals surface area contributed by atoms with Gasteiger partial charge in [-0.3, -0.25) is 0 Å². The Labute approximate surface area is 104 Å². The highest BCUT2D eigenvalue weighted by atomic mass is 16.5. The molecular weight excluding hydrogens is 214 g/mol. The summed E-state index contributed by atoms with van der Waals surface area (Å²) in [7, 11) is 1.65. The highest BCUT2D eigenvalue weighted by molar-refractivity contribution is 5.37. The number of ether oxygens (including phenoxy) is 1. The quantitative estimate of drug-likeness (QED) is 0.827. The van der Waals surface area contributed by atoms with Gasteiger partial charge in [-0.1, -0.05) is 32.4 Å². The second kappa shape index (κ2) is 6.03. The summed E-state index contributed by atoms with van der Waals surface area (Å²) in [5.74, 6) is 1.05. The average molecular weight is 237 g/mol. The maximum Gasteiger partial charge on any atom is 0.121 e. The van der Waals surface area contributed by atoms with Crippen molar-refractivity contribution in [1.82, 2.24) is 0 Å². The lowest BCUT2D eigenvalue weighted by atomic mass is 9.91. The fraction of sp³-hybridized carbons (Fsp3) is 0.571. The van der Waals surface area contributed by atoms with Crippen molar-refractivity contribution in [2.45, 2.75) is 39.3 Å². The monoisotopic (exact) mass is 237 g/mol. The molecule has 0 spiro atoms. The number of aliphatic hydroxyl groups excluding tert-OH is 1. The zero-order valence-electron chi connectivity index (χ0n) is 11.1. The van der Waals surface area contributed by atoms with Crippen LogP contribution in [0.4, 0.5) is 0 Å². The van der Waals surface area contributed by atoms with Crippen molar-refractivity contribution in [3.63, 3.8) is 0 Å². The predicted molar refractivity (Wildman–Crippen MR) is 70.1 cm³/mol. The van der Waals surface area contributed by atoms with Gasteiger partial charge in [-0.15, -0.1) is 0 Å². The van der Waals surface area contributed by atoms with Gasteiger partial charge in [-0.2, -0.15) is 0 Å². The topological polar surface area (TPSA) is 55.5 Å². The van der Waals surface area contributed by atoms with E-state index in [1.54, 1.807) is 7.11 Å². The van der Waals surface area contributed by atoms with Crippen molar-refractivity contribution in [2.24, 2.45) is 11.7 Å². The Morgan fingerprint density at radius 1 is 1.41 bits per heavy atom. The Hall–Kier alpha value is -1.06. The smallest absolute Gasteiger partial charge is 0.121 e. The number of hydrogen-bond donors (Lipinski definition) is 2. The largest absolute Gasteiger partial charge is 0.496 e. The van der Waals surface area contributed by atoms with E-state index in [1.807, 2.05) is 32.0 Å². The van der Waals surface area contributed by atoms with Gasteiger partial charge in [0.25, 0.3) is 0 Å². The highest BCUT2D eigenvalue weighted by Gasteiger charge is 2.22. The van der Waals surface area contributed by atoms with Gasteiger partial charge in [0.2, 0.25) is 0 Å². The fourth-order valence-corrected chi connectivity index (χ4v) is 1.90. The molecule has 0 fully saturated rings. The molecule has 1 aromatic rings. The van der Waals surface area contributed by atoms with E-state index in [-0.39, 0.29) is 12.0 Å². The molecule has 0 aromatic heterocycles. The normalized spacial score (nSPS) is 16.4. The molecule has 0 aliphatic carbocycles. The Bertz CT molecular complexity index is 365. The molecule has 0 saturated carbocycles. The zero-order valence-corrected chi connectivity index (χ0v) is 11.1. The van der Waals surface area contributed by atoms with Gasteiger partial charge in [-0.25, -0.2) is 0 Å². The van der Waals surface area contributed by atoms with Crippen LogP contribution < -0.4 is 10.5 Å². The predicted octanol–water partition coefficient (Wildman–Crippen LogP) is 2.41. The van der Waals surface area contributed by atoms with Crippen molar-refractivity contribution >= 4 is 0 Å². The number of benzene rings is 1. The summed E-state index contributed by atoms with van der Waals surface area (Å²) in [5, 5.41) is 10.1.